The zero-order valence-electron chi connectivity index (χ0n) is 10.7. The first-order valence-electron chi connectivity index (χ1n) is 4.95. The maximum absolute atomic E-state index is 12.7. The van der Waals surface area contributed by atoms with Crippen LogP contribution in [0.5, 0.6) is 0 Å². The van der Waals surface area contributed by atoms with E-state index in [1.54, 1.807) is 0 Å². The number of carbonyl (C=O) groups is 2. The van der Waals surface area contributed by atoms with E-state index < -0.39 is 24.3 Å². The third-order valence-corrected chi connectivity index (χ3v) is 2.07. The molecule has 1 rings (SSSR count). The van der Waals surface area contributed by atoms with Crippen LogP contribution >= 0.6 is 0 Å². The van der Waals surface area contributed by atoms with Gasteiger partial charge in [-0.25, -0.2) is 4.79 Å². The van der Waals surface area contributed by atoms with Gasteiger partial charge in [-0.05, 0) is 6.07 Å². The van der Waals surface area contributed by atoms with E-state index in [1.165, 1.54) is 0 Å². The molecule has 1 aromatic carbocycles. The number of nitrogens with one attached hydrogen (secondary N) is 1. The molecule has 1 amide bonds. The zero-order valence-corrected chi connectivity index (χ0v) is 13.8. The van der Waals surface area contributed by atoms with E-state index in [9.17, 15) is 22.5 Å². The van der Waals surface area contributed by atoms with Crippen LogP contribution in [0.15, 0.2) is 18.2 Å². The number of anilines is 1. The Morgan fingerprint density at radius 1 is 1.21 bits per heavy atom. The number of benzene rings is 1. The molecule has 0 bridgehead atoms. The van der Waals surface area contributed by atoms with Gasteiger partial charge in [-0.1, -0.05) is 12.1 Å². The second kappa shape index (κ2) is 7.44. The number of hydrogen-bond donors (Lipinski definition) is 1. The van der Waals surface area contributed by atoms with E-state index in [0.717, 1.165) is 26.2 Å². The molecular weight excluding hydrogens is 289 g/mol. The summed E-state index contributed by atoms with van der Waals surface area (Å²) in [7, 11) is 1.06. The van der Waals surface area contributed by atoms with Crippen LogP contribution < -0.4 is 62.2 Å². The number of rotatable bonds is 3. The van der Waals surface area contributed by atoms with Crippen LogP contribution in [-0.2, 0) is 9.53 Å². The molecule has 0 spiro atoms. The maximum Gasteiger partial charge on any atom is 1.00 e. The van der Waals surface area contributed by atoms with Crippen molar-refractivity contribution in [2.75, 3.05) is 12.4 Å². The fourth-order valence-corrected chi connectivity index (χ4v) is 1.35. The topological polar surface area (TPSA) is 55.4 Å². The Hall–Kier alpha value is -0.349. The molecule has 0 atom stereocenters. The maximum atomic E-state index is 12.7. The molecule has 0 aliphatic heterocycles. The largest absolute Gasteiger partial charge is 1.00 e. The summed E-state index contributed by atoms with van der Waals surface area (Å²) in [6.07, 6.45) is 0. The molecule has 0 fully saturated rings. The van der Waals surface area contributed by atoms with Crippen LogP contribution in [0.3, 0.4) is 0 Å². The fourth-order valence-electron chi connectivity index (χ4n) is 1.35. The molecule has 0 heterocycles. The summed E-state index contributed by atoms with van der Waals surface area (Å²) < 4.78 is 42.3. The molecule has 0 saturated carbocycles. The minimum Gasteiger partial charge on any atom is -0.465 e. The number of esters is 1. The smallest absolute Gasteiger partial charge is 0.465 e. The first-order valence-corrected chi connectivity index (χ1v) is 4.95. The summed E-state index contributed by atoms with van der Waals surface area (Å²) in [4.78, 5) is 22.1. The van der Waals surface area contributed by atoms with Crippen molar-refractivity contribution in [2.24, 2.45) is 0 Å². The van der Waals surface area contributed by atoms with Gasteiger partial charge in [-0.3, -0.25) is 4.79 Å². The molecule has 0 radical (unpaired) electrons. The average molecular weight is 299 g/mol. The number of halogens is 3. The summed E-state index contributed by atoms with van der Waals surface area (Å²) in [5, 5.41) is 2.20. The summed E-state index contributed by atoms with van der Waals surface area (Å²) in [6.45, 7) is -4.11. The van der Waals surface area contributed by atoms with Gasteiger partial charge in [-0.2, -0.15) is 0 Å². The Balaban J connectivity index is 0.00000324. The van der Waals surface area contributed by atoms with Crippen molar-refractivity contribution in [3.63, 3.8) is 0 Å². The number of carbonyl (C=O) groups excluding carboxylic acids is 2. The van der Waals surface area contributed by atoms with Crippen molar-refractivity contribution in [1.82, 2.24) is 0 Å². The van der Waals surface area contributed by atoms with E-state index in [0.29, 0.717) is 6.07 Å². The molecule has 0 saturated heterocycles. The normalized spacial score (nSPS) is 10.4. The summed E-state index contributed by atoms with van der Waals surface area (Å²) >= 11 is 0. The first-order chi connectivity index (χ1) is 8.24. The van der Waals surface area contributed by atoms with Crippen LogP contribution in [0.25, 0.3) is 0 Å². The van der Waals surface area contributed by atoms with E-state index in [-0.39, 0.29) is 62.6 Å². The van der Waals surface area contributed by atoms with Crippen molar-refractivity contribution in [2.45, 2.75) is 6.92 Å². The van der Waals surface area contributed by atoms with Gasteiger partial charge in [-0.15, -0.1) is 5.46 Å². The molecule has 1 aromatic rings. The first kappa shape index (κ1) is 18.7. The Morgan fingerprint density at radius 3 is 2.21 bits per heavy atom. The fraction of sp³-hybridized carbons (Fsp3) is 0.200. The number of methoxy groups -OCH3 is 1. The molecule has 9 heteroatoms. The van der Waals surface area contributed by atoms with Crippen LogP contribution in [-0.4, -0.2) is 26.0 Å². The Bertz CT molecular complexity index is 493. The number of amides is 1. The summed E-state index contributed by atoms with van der Waals surface area (Å²) in [6, 6.07) is 2.59. The molecule has 4 nitrogen and oxygen atoms in total. The SMILES string of the molecule is COC(=O)c1cc(NC(C)=O)cc([B-](F)(F)F)c1.[K+]. The Kier molecular flexibility index (Phi) is 7.30. The van der Waals surface area contributed by atoms with E-state index in [4.69, 9.17) is 0 Å². The van der Waals surface area contributed by atoms with Crippen LogP contribution in [0.4, 0.5) is 18.6 Å². The predicted octanol–water partition coefficient (Wildman–Crippen LogP) is -1.51. The molecule has 1 N–H and O–H groups in total. The van der Waals surface area contributed by atoms with Gasteiger partial charge < -0.3 is 23.0 Å². The van der Waals surface area contributed by atoms with Crippen molar-refractivity contribution in [1.29, 1.82) is 0 Å². The van der Waals surface area contributed by atoms with Crippen LogP contribution in [0.1, 0.15) is 17.3 Å². The second-order valence-corrected chi connectivity index (χ2v) is 3.59. The van der Waals surface area contributed by atoms with Crippen molar-refractivity contribution in [3.05, 3.63) is 23.8 Å². The van der Waals surface area contributed by atoms with Gasteiger partial charge in [0.25, 0.3) is 0 Å². The van der Waals surface area contributed by atoms with E-state index in [1.807, 2.05) is 0 Å². The molecule has 98 valence electrons. The second-order valence-electron chi connectivity index (χ2n) is 3.59. The van der Waals surface area contributed by atoms with E-state index in [2.05, 4.69) is 10.1 Å². The molecule has 19 heavy (non-hydrogen) atoms. The molecule has 0 aliphatic rings. The molecule has 0 aliphatic carbocycles. The van der Waals surface area contributed by atoms with Crippen LogP contribution in [0, 0.1) is 0 Å². The van der Waals surface area contributed by atoms with Crippen molar-refractivity contribution >= 4 is 30.0 Å². The predicted molar refractivity (Wildman–Crippen MR) is 60.8 cm³/mol. The minimum atomic E-state index is -5.27. The van der Waals surface area contributed by atoms with Gasteiger partial charge in [0.1, 0.15) is 0 Å². The van der Waals surface area contributed by atoms with E-state index >= 15 is 0 Å². The number of hydrogen-bond acceptors (Lipinski definition) is 3. The van der Waals surface area contributed by atoms with Crippen LogP contribution in [0.2, 0.25) is 0 Å². The molecule has 0 aromatic heterocycles. The third kappa shape index (κ3) is 5.66. The van der Waals surface area contributed by atoms with Gasteiger partial charge in [0, 0.05) is 12.6 Å². The van der Waals surface area contributed by atoms with Crippen molar-refractivity contribution in [3.8, 4) is 0 Å². The average Bonchev–Trinajstić information content (AvgIpc) is 2.25. The van der Waals surface area contributed by atoms with Gasteiger partial charge >= 0.3 is 64.3 Å². The Labute approximate surface area is 150 Å². The quantitative estimate of drug-likeness (QED) is 0.545. The molecule has 0 unspecified atom stereocenters. The van der Waals surface area contributed by atoms with Gasteiger partial charge in [0.2, 0.25) is 5.91 Å². The zero-order chi connectivity index (χ0) is 13.9. The monoisotopic (exact) mass is 299 g/mol. The summed E-state index contributed by atoms with van der Waals surface area (Å²) in [5.74, 6) is -1.43. The summed E-state index contributed by atoms with van der Waals surface area (Å²) in [5.41, 5.74) is -1.33. The number of ether oxygens (including phenoxy) is 1. The Morgan fingerprint density at radius 2 is 1.79 bits per heavy atom. The van der Waals surface area contributed by atoms with Gasteiger partial charge in [0.05, 0.1) is 12.7 Å². The van der Waals surface area contributed by atoms with Gasteiger partial charge in [0.15, 0.2) is 0 Å². The molecular formula is C10H10BF3KNO3. The minimum absolute atomic E-state index is 0. The van der Waals surface area contributed by atoms with Crippen molar-refractivity contribution < 1.29 is 78.7 Å². The standard InChI is InChI=1S/C10H10BF3NO3.K/c1-6(16)15-9-4-7(10(17)18-2)3-8(5-9)11(12,13)14;/h3-5H,1-2H3,(H,15,16);/q-1;+1. The third-order valence-electron chi connectivity index (χ3n) is 2.07.